The molecule has 0 saturated carbocycles. The Bertz CT molecular complexity index is 1020. The lowest BCUT2D eigenvalue weighted by Crippen LogP contribution is -2.51. The van der Waals surface area contributed by atoms with Crippen LogP contribution in [0.5, 0.6) is 0 Å². The predicted molar refractivity (Wildman–Crippen MR) is 119 cm³/mol. The largest absolute Gasteiger partial charge is 0.348 e. The Morgan fingerprint density at radius 2 is 1.53 bits per heavy atom. The van der Waals surface area contributed by atoms with Crippen LogP contribution in [0.25, 0.3) is 10.8 Å². The maximum Gasteiger partial charge on any atom is 0.253 e. The molecule has 1 N–H and O–H groups in total. The van der Waals surface area contributed by atoms with E-state index in [0.717, 1.165) is 5.56 Å². The zero-order valence-corrected chi connectivity index (χ0v) is 17.3. The van der Waals surface area contributed by atoms with Gasteiger partial charge < -0.3 is 10.2 Å². The van der Waals surface area contributed by atoms with E-state index in [1.54, 1.807) is 0 Å². The standard InChI is InChI=1S/C25H27N3O2/c1-19(22-13-7-11-20-8-5-6-12-23(20)22)26-24(29)18-27-14-16-28(17-15-27)25(30)21-9-3-2-4-10-21/h2-13,19H,14-18H2,1H3,(H,26,29)/t19-/m1/s1. The number of nitrogens with one attached hydrogen (secondary N) is 1. The van der Waals surface area contributed by atoms with E-state index in [9.17, 15) is 9.59 Å². The van der Waals surface area contributed by atoms with Gasteiger partial charge in [-0.1, -0.05) is 60.7 Å². The zero-order valence-electron chi connectivity index (χ0n) is 17.3. The first-order valence-electron chi connectivity index (χ1n) is 10.5. The summed E-state index contributed by atoms with van der Waals surface area (Å²) in [4.78, 5) is 29.2. The molecule has 30 heavy (non-hydrogen) atoms. The van der Waals surface area contributed by atoms with Crippen molar-refractivity contribution in [2.75, 3.05) is 32.7 Å². The second-order valence-corrected chi connectivity index (χ2v) is 7.79. The first-order chi connectivity index (χ1) is 14.6. The van der Waals surface area contributed by atoms with Crippen LogP contribution in [0.15, 0.2) is 72.8 Å². The van der Waals surface area contributed by atoms with Gasteiger partial charge in [0.1, 0.15) is 0 Å². The lowest BCUT2D eigenvalue weighted by Gasteiger charge is -2.34. The number of nitrogens with zero attached hydrogens (tertiary/aromatic N) is 2. The van der Waals surface area contributed by atoms with Crippen LogP contribution in [0.1, 0.15) is 28.9 Å². The summed E-state index contributed by atoms with van der Waals surface area (Å²) >= 11 is 0. The highest BCUT2D eigenvalue weighted by molar-refractivity contribution is 5.94. The van der Waals surface area contributed by atoms with Gasteiger partial charge in [0, 0.05) is 31.7 Å². The van der Waals surface area contributed by atoms with Crippen molar-refractivity contribution in [3.05, 3.63) is 83.9 Å². The third-order valence-corrected chi connectivity index (χ3v) is 5.71. The summed E-state index contributed by atoms with van der Waals surface area (Å²) in [7, 11) is 0. The number of hydrogen-bond acceptors (Lipinski definition) is 3. The van der Waals surface area contributed by atoms with Crippen LogP contribution in [0.3, 0.4) is 0 Å². The van der Waals surface area contributed by atoms with Gasteiger partial charge in [0.05, 0.1) is 12.6 Å². The van der Waals surface area contributed by atoms with Gasteiger partial charge in [-0.25, -0.2) is 0 Å². The molecule has 2 amide bonds. The second-order valence-electron chi connectivity index (χ2n) is 7.79. The Morgan fingerprint density at radius 1 is 0.867 bits per heavy atom. The fourth-order valence-corrected chi connectivity index (χ4v) is 4.07. The molecule has 3 aromatic carbocycles. The zero-order chi connectivity index (χ0) is 20.9. The van der Waals surface area contributed by atoms with Crippen molar-refractivity contribution in [3.63, 3.8) is 0 Å². The van der Waals surface area contributed by atoms with E-state index in [4.69, 9.17) is 0 Å². The molecule has 1 aliphatic heterocycles. The lowest BCUT2D eigenvalue weighted by atomic mass is 10.00. The Hall–Kier alpha value is -3.18. The van der Waals surface area contributed by atoms with Crippen LogP contribution in [0.4, 0.5) is 0 Å². The first-order valence-corrected chi connectivity index (χ1v) is 10.5. The molecule has 1 aliphatic rings. The number of fused-ring (bicyclic) bond motifs is 1. The number of amides is 2. The summed E-state index contributed by atoms with van der Waals surface area (Å²) in [5, 5.41) is 5.48. The maximum absolute atomic E-state index is 12.6. The SMILES string of the molecule is C[C@@H](NC(=O)CN1CCN(C(=O)c2ccccc2)CC1)c1cccc2ccccc12. The molecule has 5 nitrogen and oxygen atoms in total. The normalized spacial score (nSPS) is 15.7. The minimum absolute atomic E-state index is 0.0123. The summed E-state index contributed by atoms with van der Waals surface area (Å²) in [6.07, 6.45) is 0. The molecule has 1 saturated heterocycles. The quantitative estimate of drug-likeness (QED) is 0.712. The molecule has 0 bridgehead atoms. The number of benzene rings is 3. The van der Waals surface area contributed by atoms with Crippen LogP contribution < -0.4 is 5.32 Å². The molecule has 0 spiro atoms. The van der Waals surface area contributed by atoms with Crippen molar-refractivity contribution in [2.24, 2.45) is 0 Å². The van der Waals surface area contributed by atoms with E-state index in [2.05, 4.69) is 34.5 Å². The minimum Gasteiger partial charge on any atom is -0.348 e. The average molecular weight is 402 g/mol. The van der Waals surface area contributed by atoms with Gasteiger partial charge in [-0.05, 0) is 35.4 Å². The highest BCUT2D eigenvalue weighted by Gasteiger charge is 2.23. The van der Waals surface area contributed by atoms with Gasteiger partial charge in [-0.3, -0.25) is 14.5 Å². The van der Waals surface area contributed by atoms with Crippen LogP contribution in [0.2, 0.25) is 0 Å². The van der Waals surface area contributed by atoms with E-state index in [-0.39, 0.29) is 17.9 Å². The van der Waals surface area contributed by atoms with Crippen molar-refractivity contribution >= 4 is 22.6 Å². The van der Waals surface area contributed by atoms with E-state index >= 15 is 0 Å². The second kappa shape index (κ2) is 9.09. The summed E-state index contributed by atoms with van der Waals surface area (Å²) in [6, 6.07) is 23.7. The van der Waals surface area contributed by atoms with Crippen LogP contribution in [-0.4, -0.2) is 54.3 Å². The van der Waals surface area contributed by atoms with E-state index < -0.39 is 0 Å². The van der Waals surface area contributed by atoms with Gasteiger partial charge in [0.2, 0.25) is 5.91 Å². The molecule has 4 rings (SSSR count). The molecular formula is C25H27N3O2. The molecule has 0 aromatic heterocycles. The Labute approximate surface area is 177 Å². The number of piperazine rings is 1. The van der Waals surface area contributed by atoms with Crippen molar-refractivity contribution in [1.82, 2.24) is 15.1 Å². The molecule has 5 heteroatoms. The Balaban J connectivity index is 1.30. The first kappa shape index (κ1) is 20.1. The third kappa shape index (κ3) is 4.52. The highest BCUT2D eigenvalue weighted by Crippen LogP contribution is 2.24. The lowest BCUT2D eigenvalue weighted by molar-refractivity contribution is -0.123. The molecule has 154 valence electrons. The van der Waals surface area contributed by atoms with Gasteiger partial charge in [-0.15, -0.1) is 0 Å². The Morgan fingerprint density at radius 3 is 2.30 bits per heavy atom. The summed E-state index contributed by atoms with van der Waals surface area (Å²) in [5.74, 6) is 0.0718. The van der Waals surface area contributed by atoms with Crippen molar-refractivity contribution in [3.8, 4) is 0 Å². The van der Waals surface area contributed by atoms with Crippen LogP contribution >= 0.6 is 0 Å². The van der Waals surface area contributed by atoms with Gasteiger partial charge >= 0.3 is 0 Å². The maximum atomic E-state index is 12.6. The molecule has 3 aromatic rings. The molecular weight excluding hydrogens is 374 g/mol. The monoisotopic (exact) mass is 401 g/mol. The number of hydrogen-bond donors (Lipinski definition) is 1. The summed E-state index contributed by atoms with van der Waals surface area (Å²) in [6.45, 7) is 5.06. The van der Waals surface area contributed by atoms with Gasteiger partial charge in [-0.2, -0.15) is 0 Å². The van der Waals surface area contributed by atoms with Crippen molar-refractivity contribution in [1.29, 1.82) is 0 Å². The van der Waals surface area contributed by atoms with E-state index in [1.807, 2.05) is 60.4 Å². The predicted octanol–water partition coefficient (Wildman–Crippen LogP) is 3.48. The molecule has 1 fully saturated rings. The third-order valence-electron chi connectivity index (χ3n) is 5.71. The number of rotatable bonds is 5. The summed E-state index contributed by atoms with van der Waals surface area (Å²) in [5.41, 5.74) is 1.84. The fourth-order valence-electron chi connectivity index (χ4n) is 4.07. The van der Waals surface area contributed by atoms with E-state index in [1.165, 1.54) is 10.8 Å². The van der Waals surface area contributed by atoms with Crippen molar-refractivity contribution in [2.45, 2.75) is 13.0 Å². The average Bonchev–Trinajstić information content (AvgIpc) is 2.79. The molecule has 0 radical (unpaired) electrons. The highest BCUT2D eigenvalue weighted by atomic mass is 16.2. The fraction of sp³-hybridized carbons (Fsp3) is 0.280. The molecule has 1 heterocycles. The molecule has 0 unspecified atom stereocenters. The topological polar surface area (TPSA) is 52.7 Å². The Kier molecular flexibility index (Phi) is 6.10. The van der Waals surface area contributed by atoms with E-state index in [0.29, 0.717) is 38.3 Å². The molecule has 0 aliphatic carbocycles. The van der Waals surface area contributed by atoms with Crippen LogP contribution in [0, 0.1) is 0 Å². The molecule has 1 atom stereocenters. The van der Waals surface area contributed by atoms with Gasteiger partial charge in [0.15, 0.2) is 0 Å². The van der Waals surface area contributed by atoms with Crippen LogP contribution in [-0.2, 0) is 4.79 Å². The number of carbonyl (C=O) groups is 2. The van der Waals surface area contributed by atoms with Gasteiger partial charge in [0.25, 0.3) is 5.91 Å². The van der Waals surface area contributed by atoms with Crippen molar-refractivity contribution < 1.29 is 9.59 Å². The minimum atomic E-state index is -0.0652. The smallest absolute Gasteiger partial charge is 0.253 e. The number of carbonyl (C=O) groups excluding carboxylic acids is 2. The summed E-state index contributed by atoms with van der Waals surface area (Å²) < 4.78 is 0.